The second kappa shape index (κ2) is 7.22. The van der Waals surface area contributed by atoms with Crippen LogP contribution in [0, 0.1) is 6.92 Å². The molecule has 9 heteroatoms. The lowest BCUT2D eigenvalue weighted by Gasteiger charge is -2.39. The largest absolute Gasteiger partial charge is 0.387 e. The van der Waals surface area contributed by atoms with E-state index in [0.717, 1.165) is 5.56 Å². The number of rotatable bonds is 5. The SMILES string of the molecule is CO[C@H]1O[C@H](COS(=O)(=O)c2ccc(C)cc2)[C@H](O)[C@H](O)[C@H]1O. The Morgan fingerprint density at radius 3 is 2.26 bits per heavy atom. The molecular weight excluding hydrogens is 328 g/mol. The summed E-state index contributed by atoms with van der Waals surface area (Å²) in [4.78, 5) is -0.0303. The summed E-state index contributed by atoms with van der Waals surface area (Å²) in [6.07, 6.45) is -6.85. The van der Waals surface area contributed by atoms with Crippen molar-refractivity contribution >= 4 is 10.1 Å². The van der Waals surface area contributed by atoms with E-state index in [2.05, 4.69) is 0 Å². The third-order valence-corrected chi connectivity index (χ3v) is 4.89. The van der Waals surface area contributed by atoms with Gasteiger partial charge in [-0.25, -0.2) is 0 Å². The minimum atomic E-state index is -4.03. The number of benzene rings is 1. The lowest BCUT2D eigenvalue weighted by atomic mass is 9.99. The van der Waals surface area contributed by atoms with Gasteiger partial charge in [-0.3, -0.25) is 4.18 Å². The van der Waals surface area contributed by atoms with E-state index in [0.29, 0.717) is 0 Å². The standard InChI is InChI=1S/C14H20O8S/c1-8-3-5-9(6-4-8)23(18,19)21-7-10-11(15)12(16)13(17)14(20-2)22-10/h3-6,10-17H,7H2,1-2H3/t10-,11+,12+,13-,14+/m1/s1. The second-order valence-electron chi connectivity index (χ2n) is 5.30. The van der Waals surface area contributed by atoms with Crippen LogP contribution in [-0.2, 0) is 23.8 Å². The molecule has 130 valence electrons. The van der Waals surface area contributed by atoms with Crippen molar-refractivity contribution in [2.24, 2.45) is 0 Å². The first-order valence-corrected chi connectivity index (χ1v) is 8.35. The predicted octanol–water partition coefficient (Wildman–Crippen LogP) is -0.846. The number of ether oxygens (including phenoxy) is 2. The highest BCUT2D eigenvalue weighted by molar-refractivity contribution is 7.86. The zero-order valence-electron chi connectivity index (χ0n) is 12.7. The maximum Gasteiger partial charge on any atom is 0.297 e. The van der Waals surface area contributed by atoms with Crippen molar-refractivity contribution in [3.05, 3.63) is 29.8 Å². The summed E-state index contributed by atoms with van der Waals surface area (Å²) in [5, 5.41) is 29.2. The van der Waals surface area contributed by atoms with Gasteiger partial charge in [0.05, 0.1) is 11.5 Å². The fourth-order valence-electron chi connectivity index (χ4n) is 2.18. The molecule has 0 spiro atoms. The first-order valence-electron chi connectivity index (χ1n) is 6.95. The maximum absolute atomic E-state index is 12.1. The van der Waals surface area contributed by atoms with E-state index in [-0.39, 0.29) is 4.90 Å². The molecule has 1 heterocycles. The molecular formula is C14H20O8S. The van der Waals surface area contributed by atoms with Crippen LogP contribution in [0.3, 0.4) is 0 Å². The van der Waals surface area contributed by atoms with E-state index in [9.17, 15) is 23.7 Å². The molecule has 1 aliphatic rings. The summed E-state index contributed by atoms with van der Waals surface area (Å²) < 4.78 is 39.1. The summed E-state index contributed by atoms with van der Waals surface area (Å²) in [5.74, 6) is 0. The first kappa shape index (κ1) is 18.3. The van der Waals surface area contributed by atoms with Gasteiger partial charge in [0.25, 0.3) is 10.1 Å². The molecule has 2 rings (SSSR count). The highest BCUT2D eigenvalue weighted by Gasteiger charge is 2.44. The summed E-state index contributed by atoms with van der Waals surface area (Å²) >= 11 is 0. The molecule has 1 saturated heterocycles. The van der Waals surface area contributed by atoms with Crippen molar-refractivity contribution in [3.8, 4) is 0 Å². The van der Waals surface area contributed by atoms with E-state index in [4.69, 9.17) is 13.7 Å². The molecule has 8 nitrogen and oxygen atoms in total. The van der Waals surface area contributed by atoms with Crippen molar-refractivity contribution in [1.82, 2.24) is 0 Å². The molecule has 5 atom stereocenters. The van der Waals surface area contributed by atoms with Gasteiger partial charge < -0.3 is 24.8 Å². The molecule has 1 aromatic rings. The molecule has 0 amide bonds. The molecule has 1 fully saturated rings. The Kier molecular flexibility index (Phi) is 5.74. The van der Waals surface area contributed by atoms with Crippen molar-refractivity contribution < 1.29 is 37.4 Å². The van der Waals surface area contributed by atoms with Crippen LogP contribution >= 0.6 is 0 Å². The lowest BCUT2D eigenvalue weighted by molar-refractivity contribution is -0.293. The van der Waals surface area contributed by atoms with Crippen LogP contribution in [0.25, 0.3) is 0 Å². The summed E-state index contributed by atoms with van der Waals surface area (Å²) in [6.45, 7) is 1.29. The van der Waals surface area contributed by atoms with Crippen LogP contribution in [0.15, 0.2) is 29.2 Å². The Morgan fingerprint density at radius 1 is 1.09 bits per heavy atom. The Balaban J connectivity index is 2.05. The fraction of sp³-hybridized carbons (Fsp3) is 0.571. The number of hydrogen-bond acceptors (Lipinski definition) is 8. The maximum atomic E-state index is 12.1. The van der Waals surface area contributed by atoms with E-state index < -0.39 is 47.4 Å². The summed E-state index contributed by atoms with van der Waals surface area (Å²) in [7, 11) is -2.78. The highest BCUT2D eigenvalue weighted by atomic mass is 32.2. The quantitative estimate of drug-likeness (QED) is 0.589. The molecule has 0 saturated carbocycles. The van der Waals surface area contributed by atoms with E-state index in [1.54, 1.807) is 12.1 Å². The number of aliphatic hydroxyl groups excluding tert-OH is 3. The number of aryl methyl sites for hydroxylation is 1. The molecule has 0 aliphatic carbocycles. The zero-order valence-corrected chi connectivity index (χ0v) is 13.5. The van der Waals surface area contributed by atoms with Gasteiger partial charge in [0.2, 0.25) is 0 Å². The Bertz CT molecular complexity index is 612. The normalized spacial score (nSPS) is 32.0. The highest BCUT2D eigenvalue weighted by Crippen LogP contribution is 2.23. The van der Waals surface area contributed by atoms with Crippen molar-refractivity contribution in [2.45, 2.75) is 42.5 Å². The molecule has 3 N–H and O–H groups in total. The van der Waals surface area contributed by atoms with E-state index in [1.165, 1.54) is 19.2 Å². The number of methoxy groups -OCH3 is 1. The predicted molar refractivity (Wildman–Crippen MR) is 78.0 cm³/mol. The van der Waals surface area contributed by atoms with Crippen LogP contribution in [-0.4, -0.2) is 68.2 Å². The van der Waals surface area contributed by atoms with Gasteiger partial charge in [-0.15, -0.1) is 0 Å². The van der Waals surface area contributed by atoms with Gasteiger partial charge in [0.1, 0.15) is 24.4 Å². The van der Waals surface area contributed by atoms with E-state index >= 15 is 0 Å². The number of aliphatic hydroxyl groups is 3. The summed E-state index contributed by atoms with van der Waals surface area (Å²) in [6, 6.07) is 6.06. The third kappa shape index (κ3) is 4.07. The first-order chi connectivity index (χ1) is 10.8. The Labute approximate surface area is 134 Å². The van der Waals surface area contributed by atoms with Crippen LogP contribution < -0.4 is 0 Å². The molecule has 1 aromatic carbocycles. The molecule has 1 aliphatic heterocycles. The average molecular weight is 348 g/mol. The topological polar surface area (TPSA) is 123 Å². The summed E-state index contributed by atoms with van der Waals surface area (Å²) in [5.41, 5.74) is 0.898. The van der Waals surface area contributed by atoms with E-state index in [1.807, 2.05) is 6.92 Å². The van der Waals surface area contributed by atoms with Gasteiger partial charge in [-0.05, 0) is 19.1 Å². The minimum absolute atomic E-state index is 0.0303. The van der Waals surface area contributed by atoms with Gasteiger partial charge >= 0.3 is 0 Å². The van der Waals surface area contributed by atoms with Crippen LogP contribution in [0.5, 0.6) is 0 Å². The molecule has 0 aromatic heterocycles. The van der Waals surface area contributed by atoms with Crippen molar-refractivity contribution in [3.63, 3.8) is 0 Å². The fourth-order valence-corrected chi connectivity index (χ4v) is 3.10. The number of hydrogen-bond donors (Lipinski definition) is 3. The van der Waals surface area contributed by atoms with Crippen molar-refractivity contribution in [1.29, 1.82) is 0 Å². The third-order valence-electron chi connectivity index (χ3n) is 3.60. The van der Waals surface area contributed by atoms with Gasteiger partial charge in [0, 0.05) is 7.11 Å². The molecule has 23 heavy (non-hydrogen) atoms. The molecule has 0 bridgehead atoms. The Morgan fingerprint density at radius 2 is 1.70 bits per heavy atom. The average Bonchev–Trinajstić information content (AvgIpc) is 2.52. The van der Waals surface area contributed by atoms with Crippen LogP contribution in [0.2, 0.25) is 0 Å². The van der Waals surface area contributed by atoms with Gasteiger partial charge in [0.15, 0.2) is 6.29 Å². The van der Waals surface area contributed by atoms with Gasteiger partial charge in [-0.2, -0.15) is 8.42 Å². The lowest BCUT2D eigenvalue weighted by Crippen LogP contribution is -2.59. The van der Waals surface area contributed by atoms with Crippen LogP contribution in [0.1, 0.15) is 5.56 Å². The van der Waals surface area contributed by atoms with Gasteiger partial charge in [-0.1, -0.05) is 17.7 Å². The molecule has 0 radical (unpaired) electrons. The minimum Gasteiger partial charge on any atom is -0.387 e. The van der Waals surface area contributed by atoms with Crippen molar-refractivity contribution in [2.75, 3.05) is 13.7 Å². The molecule has 0 unspecified atom stereocenters. The smallest absolute Gasteiger partial charge is 0.297 e. The Hall–Kier alpha value is -1.07. The second-order valence-corrected chi connectivity index (χ2v) is 6.92. The zero-order chi connectivity index (χ0) is 17.2. The van der Waals surface area contributed by atoms with Crippen LogP contribution in [0.4, 0.5) is 0 Å². The monoisotopic (exact) mass is 348 g/mol.